The highest BCUT2D eigenvalue weighted by atomic mass is 15.2. The zero-order valence-electron chi connectivity index (χ0n) is 12.3. The van der Waals surface area contributed by atoms with E-state index in [0.29, 0.717) is 0 Å². The van der Waals surface area contributed by atoms with E-state index in [-0.39, 0.29) is 5.54 Å². The Bertz CT molecular complexity index is 240. The highest BCUT2D eigenvalue weighted by Crippen LogP contribution is 2.30. The molecular formula is C15H31N3. The lowest BCUT2D eigenvalue weighted by Gasteiger charge is -2.37. The van der Waals surface area contributed by atoms with Crippen LogP contribution in [0.1, 0.15) is 51.9 Å². The standard InChI is InChI=1S/C15H31N3/c1-3-18-11-6-14(7-12-18)17(2)13-10-15(16)8-4-5-9-15/h14H,3-13,16H2,1-2H3. The monoisotopic (exact) mass is 253 g/mol. The van der Waals surface area contributed by atoms with Gasteiger partial charge in [-0.05, 0) is 65.3 Å². The Morgan fingerprint density at radius 1 is 1.22 bits per heavy atom. The van der Waals surface area contributed by atoms with Crippen LogP contribution in [-0.2, 0) is 0 Å². The minimum atomic E-state index is 0.165. The molecule has 2 N–H and O–H groups in total. The van der Waals surface area contributed by atoms with Crippen LogP contribution in [0.3, 0.4) is 0 Å². The largest absolute Gasteiger partial charge is 0.325 e. The lowest BCUT2D eigenvalue weighted by Crippen LogP contribution is -2.46. The molecule has 0 aromatic rings. The first-order valence-electron chi connectivity index (χ1n) is 7.84. The molecule has 2 fully saturated rings. The van der Waals surface area contributed by atoms with Gasteiger partial charge < -0.3 is 15.5 Å². The van der Waals surface area contributed by atoms with Crippen molar-refractivity contribution in [3.05, 3.63) is 0 Å². The predicted octanol–water partition coefficient (Wildman–Crippen LogP) is 2.06. The second-order valence-corrected chi connectivity index (χ2v) is 6.47. The third-order valence-electron chi connectivity index (χ3n) is 5.19. The van der Waals surface area contributed by atoms with Gasteiger partial charge in [-0.3, -0.25) is 0 Å². The van der Waals surface area contributed by atoms with Gasteiger partial charge in [0.15, 0.2) is 0 Å². The molecule has 0 aromatic heterocycles. The molecule has 0 radical (unpaired) electrons. The second-order valence-electron chi connectivity index (χ2n) is 6.47. The van der Waals surface area contributed by atoms with E-state index in [2.05, 4.69) is 23.8 Å². The zero-order valence-corrected chi connectivity index (χ0v) is 12.3. The summed E-state index contributed by atoms with van der Waals surface area (Å²) in [5, 5.41) is 0. The summed E-state index contributed by atoms with van der Waals surface area (Å²) in [6.07, 6.45) is 9.04. The molecule has 0 amide bonds. The van der Waals surface area contributed by atoms with E-state index in [9.17, 15) is 0 Å². The quantitative estimate of drug-likeness (QED) is 0.814. The molecule has 1 aliphatic heterocycles. The lowest BCUT2D eigenvalue weighted by molar-refractivity contribution is 0.124. The van der Waals surface area contributed by atoms with Crippen molar-refractivity contribution in [3.63, 3.8) is 0 Å². The van der Waals surface area contributed by atoms with Crippen LogP contribution in [0.25, 0.3) is 0 Å². The van der Waals surface area contributed by atoms with Crippen molar-refractivity contribution in [2.45, 2.75) is 63.5 Å². The lowest BCUT2D eigenvalue weighted by atomic mass is 9.94. The number of hydrogen-bond donors (Lipinski definition) is 1. The Morgan fingerprint density at radius 3 is 2.39 bits per heavy atom. The van der Waals surface area contributed by atoms with Gasteiger partial charge >= 0.3 is 0 Å². The molecule has 1 aliphatic carbocycles. The molecule has 2 aliphatic rings. The van der Waals surface area contributed by atoms with Crippen molar-refractivity contribution in [2.24, 2.45) is 5.73 Å². The SMILES string of the molecule is CCN1CCC(N(C)CCC2(N)CCCC2)CC1. The molecule has 3 heteroatoms. The van der Waals surface area contributed by atoms with Crippen LogP contribution in [0.15, 0.2) is 0 Å². The molecule has 1 saturated carbocycles. The molecule has 0 spiro atoms. The minimum Gasteiger partial charge on any atom is -0.325 e. The molecule has 0 aromatic carbocycles. The average Bonchev–Trinajstić information content (AvgIpc) is 2.83. The summed E-state index contributed by atoms with van der Waals surface area (Å²) < 4.78 is 0. The highest BCUT2D eigenvalue weighted by Gasteiger charge is 2.30. The van der Waals surface area contributed by atoms with Gasteiger partial charge in [-0.2, -0.15) is 0 Å². The van der Waals surface area contributed by atoms with Gasteiger partial charge in [-0.15, -0.1) is 0 Å². The first kappa shape index (κ1) is 14.3. The molecule has 0 bridgehead atoms. The molecule has 1 saturated heterocycles. The maximum Gasteiger partial charge on any atom is 0.0166 e. The van der Waals surface area contributed by atoms with Crippen molar-refractivity contribution < 1.29 is 0 Å². The number of nitrogens with zero attached hydrogens (tertiary/aromatic N) is 2. The summed E-state index contributed by atoms with van der Waals surface area (Å²) in [6, 6.07) is 0.790. The summed E-state index contributed by atoms with van der Waals surface area (Å²) in [5.74, 6) is 0. The molecular weight excluding hydrogens is 222 g/mol. The van der Waals surface area contributed by atoms with E-state index in [1.54, 1.807) is 0 Å². The third-order valence-corrected chi connectivity index (χ3v) is 5.19. The maximum absolute atomic E-state index is 6.45. The fourth-order valence-electron chi connectivity index (χ4n) is 3.59. The Hall–Kier alpha value is -0.120. The van der Waals surface area contributed by atoms with Crippen LogP contribution < -0.4 is 5.73 Å². The summed E-state index contributed by atoms with van der Waals surface area (Å²) in [7, 11) is 2.30. The van der Waals surface area contributed by atoms with E-state index in [1.165, 1.54) is 71.1 Å². The summed E-state index contributed by atoms with van der Waals surface area (Å²) >= 11 is 0. The first-order valence-corrected chi connectivity index (χ1v) is 7.84. The topological polar surface area (TPSA) is 32.5 Å². The number of piperidine rings is 1. The van der Waals surface area contributed by atoms with Crippen LogP contribution in [0.5, 0.6) is 0 Å². The number of nitrogens with two attached hydrogens (primary N) is 1. The van der Waals surface area contributed by atoms with E-state index in [0.717, 1.165) is 6.04 Å². The Kier molecular flexibility index (Phi) is 5.05. The van der Waals surface area contributed by atoms with E-state index >= 15 is 0 Å². The van der Waals surface area contributed by atoms with Gasteiger partial charge in [0.05, 0.1) is 0 Å². The van der Waals surface area contributed by atoms with Crippen molar-refractivity contribution in [1.82, 2.24) is 9.80 Å². The van der Waals surface area contributed by atoms with Crippen molar-refractivity contribution in [1.29, 1.82) is 0 Å². The first-order chi connectivity index (χ1) is 8.63. The normalized spacial score (nSPS) is 26.0. The third kappa shape index (κ3) is 3.69. The molecule has 106 valence electrons. The highest BCUT2D eigenvalue weighted by molar-refractivity contribution is 4.90. The number of rotatable bonds is 5. The maximum atomic E-state index is 6.45. The summed E-state index contributed by atoms with van der Waals surface area (Å²) in [5.41, 5.74) is 6.61. The van der Waals surface area contributed by atoms with Gasteiger partial charge in [-0.25, -0.2) is 0 Å². The van der Waals surface area contributed by atoms with Crippen LogP contribution in [0, 0.1) is 0 Å². The molecule has 0 atom stereocenters. The van der Waals surface area contributed by atoms with Crippen molar-refractivity contribution in [3.8, 4) is 0 Å². The Morgan fingerprint density at radius 2 is 1.83 bits per heavy atom. The van der Waals surface area contributed by atoms with Gasteiger partial charge in [-0.1, -0.05) is 19.8 Å². The molecule has 2 rings (SSSR count). The minimum absolute atomic E-state index is 0.165. The number of likely N-dealkylation sites (tertiary alicyclic amines) is 1. The Balaban J connectivity index is 1.70. The van der Waals surface area contributed by atoms with Crippen LogP contribution in [-0.4, -0.2) is 54.6 Å². The smallest absolute Gasteiger partial charge is 0.0166 e. The zero-order chi connectivity index (χ0) is 13.0. The van der Waals surface area contributed by atoms with Crippen molar-refractivity contribution in [2.75, 3.05) is 33.2 Å². The van der Waals surface area contributed by atoms with Gasteiger partial charge in [0, 0.05) is 11.6 Å². The fourth-order valence-corrected chi connectivity index (χ4v) is 3.59. The van der Waals surface area contributed by atoms with E-state index in [1.807, 2.05) is 0 Å². The molecule has 1 heterocycles. The average molecular weight is 253 g/mol. The molecule has 3 nitrogen and oxygen atoms in total. The van der Waals surface area contributed by atoms with Crippen molar-refractivity contribution >= 4 is 0 Å². The van der Waals surface area contributed by atoms with Crippen LogP contribution in [0.2, 0.25) is 0 Å². The molecule has 18 heavy (non-hydrogen) atoms. The van der Waals surface area contributed by atoms with Crippen LogP contribution >= 0.6 is 0 Å². The summed E-state index contributed by atoms with van der Waals surface area (Å²) in [6.45, 7) is 7.22. The fraction of sp³-hybridized carbons (Fsp3) is 1.00. The second kappa shape index (κ2) is 6.36. The van der Waals surface area contributed by atoms with Crippen LogP contribution in [0.4, 0.5) is 0 Å². The van der Waals surface area contributed by atoms with Gasteiger partial charge in [0.1, 0.15) is 0 Å². The van der Waals surface area contributed by atoms with E-state index < -0.39 is 0 Å². The Labute approximate surface area is 113 Å². The number of hydrogen-bond acceptors (Lipinski definition) is 3. The van der Waals surface area contributed by atoms with E-state index in [4.69, 9.17) is 5.73 Å². The van der Waals surface area contributed by atoms with Gasteiger partial charge in [0.2, 0.25) is 0 Å². The molecule has 0 unspecified atom stereocenters. The summed E-state index contributed by atoms with van der Waals surface area (Å²) in [4.78, 5) is 5.13. The predicted molar refractivity (Wildman–Crippen MR) is 77.8 cm³/mol. The van der Waals surface area contributed by atoms with Gasteiger partial charge in [0.25, 0.3) is 0 Å².